The molecule has 0 saturated carbocycles. The van der Waals surface area contributed by atoms with Gasteiger partial charge in [-0.3, -0.25) is 4.79 Å². The van der Waals surface area contributed by atoms with Crippen LogP contribution in [0.1, 0.15) is 13.8 Å². The number of carbonyl (C=O) groups excluding carboxylic acids is 1. The lowest BCUT2D eigenvalue weighted by atomic mass is 10.1. The normalized spacial score (nSPS) is 12.7. The monoisotopic (exact) mass is 171 g/mol. The Labute approximate surface area is 73.8 Å². The predicted molar refractivity (Wildman–Crippen MR) is 48.8 cm³/mol. The van der Waals surface area contributed by atoms with Crippen LogP contribution in [0, 0.1) is 5.92 Å². The average Bonchev–Trinajstić information content (AvgIpc) is 2.04. The third-order valence-electron chi connectivity index (χ3n) is 1.60. The standard InChI is InChI=1S/C9H17NO2/c1-5-6-10-8(7(2)3)9(11)12-4/h5,7-8,10H,1,6H2,2-4H3/t8-/m0/s1. The van der Waals surface area contributed by atoms with E-state index in [0.717, 1.165) is 0 Å². The predicted octanol–water partition coefficient (Wildman–Crippen LogP) is 0.960. The third kappa shape index (κ3) is 3.53. The fourth-order valence-electron chi connectivity index (χ4n) is 0.928. The van der Waals surface area contributed by atoms with E-state index in [-0.39, 0.29) is 17.9 Å². The van der Waals surface area contributed by atoms with Crippen molar-refractivity contribution >= 4 is 5.97 Å². The van der Waals surface area contributed by atoms with Gasteiger partial charge in [-0.2, -0.15) is 0 Å². The van der Waals surface area contributed by atoms with E-state index in [1.165, 1.54) is 7.11 Å². The quantitative estimate of drug-likeness (QED) is 0.494. The zero-order chi connectivity index (χ0) is 9.56. The Morgan fingerprint density at radius 3 is 2.58 bits per heavy atom. The molecule has 0 aromatic heterocycles. The Bertz CT molecular complexity index is 155. The molecule has 12 heavy (non-hydrogen) atoms. The second-order valence-corrected chi connectivity index (χ2v) is 2.94. The van der Waals surface area contributed by atoms with Crippen molar-refractivity contribution in [2.75, 3.05) is 13.7 Å². The summed E-state index contributed by atoms with van der Waals surface area (Å²) in [5.74, 6) is 0.0178. The van der Waals surface area contributed by atoms with Crippen molar-refractivity contribution < 1.29 is 9.53 Å². The van der Waals surface area contributed by atoms with E-state index < -0.39 is 0 Å². The maximum atomic E-state index is 11.1. The number of methoxy groups -OCH3 is 1. The summed E-state index contributed by atoms with van der Waals surface area (Å²) in [5.41, 5.74) is 0. The van der Waals surface area contributed by atoms with E-state index in [9.17, 15) is 4.79 Å². The molecule has 0 aliphatic rings. The van der Waals surface area contributed by atoms with Gasteiger partial charge in [-0.05, 0) is 5.92 Å². The van der Waals surface area contributed by atoms with Crippen LogP contribution in [0.15, 0.2) is 12.7 Å². The maximum absolute atomic E-state index is 11.1. The van der Waals surface area contributed by atoms with Gasteiger partial charge in [-0.15, -0.1) is 6.58 Å². The largest absolute Gasteiger partial charge is 0.468 e. The van der Waals surface area contributed by atoms with E-state index in [0.29, 0.717) is 6.54 Å². The molecule has 1 N–H and O–H groups in total. The average molecular weight is 171 g/mol. The summed E-state index contributed by atoms with van der Waals surface area (Å²) in [6.07, 6.45) is 1.72. The molecule has 0 spiro atoms. The summed E-state index contributed by atoms with van der Waals surface area (Å²) >= 11 is 0. The highest BCUT2D eigenvalue weighted by atomic mass is 16.5. The van der Waals surface area contributed by atoms with Crippen molar-refractivity contribution in [3.05, 3.63) is 12.7 Å². The van der Waals surface area contributed by atoms with Crippen molar-refractivity contribution in [2.24, 2.45) is 5.92 Å². The Balaban J connectivity index is 4.03. The minimum Gasteiger partial charge on any atom is -0.468 e. The highest BCUT2D eigenvalue weighted by molar-refractivity contribution is 5.75. The minimum absolute atomic E-state index is 0.216. The summed E-state index contributed by atoms with van der Waals surface area (Å²) in [5, 5.41) is 3.03. The molecule has 0 bridgehead atoms. The van der Waals surface area contributed by atoms with E-state index in [1.807, 2.05) is 13.8 Å². The molecule has 3 nitrogen and oxygen atoms in total. The van der Waals surface area contributed by atoms with Crippen LogP contribution in [0.4, 0.5) is 0 Å². The molecule has 0 amide bonds. The van der Waals surface area contributed by atoms with Gasteiger partial charge in [0.2, 0.25) is 0 Å². The van der Waals surface area contributed by atoms with Gasteiger partial charge in [-0.25, -0.2) is 0 Å². The van der Waals surface area contributed by atoms with Crippen LogP contribution in [0.3, 0.4) is 0 Å². The molecule has 0 aliphatic carbocycles. The molecule has 0 rings (SSSR count). The zero-order valence-electron chi connectivity index (χ0n) is 7.96. The summed E-state index contributed by atoms with van der Waals surface area (Å²) in [6.45, 7) is 8.13. The van der Waals surface area contributed by atoms with E-state index in [1.54, 1.807) is 6.08 Å². The van der Waals surface area contributed by atoms with Gasteiger partial charge in [0.25, 0.3) is 0 Å². The molecule has 0 heterocycles. The SMILES string of the molecule is C=CCN[C@H](C(=O)OC)C(C)C. The summed E-state index contributed by atoms with van der Waals surface area (Å²) in [7, 11) is 1.40. The number of ether oxygens (including phenoxy) is 1. The lowest BCUT2D eigenvalue weighted by Crippen LogP contribution is -2.41. The fourth-order valence-corrected chi connectivity index (χ4v) is 0.928. The lowest BCUT2D eigenvalue weighted by molar-refractivity contribution is -0.144. The van der Waals surface area contributed by atoms with Crippen LogP contribution in [0.2, 0.25) is 0 Å². The number of hydrogen-bond acceptors (Lipinski definition) is 3. The minimum atomic E-state index is -0.229. The van der Waals surface area contributed by atoms with Gasteiger partial charge in [0.05, 0.1) is 7.11 Å². The van der Waals surface area contributed by atoms with Crippen LogP contribution in [0.25, 0.3) is 0 Å². The van der Waals surface area contributed by atoms with Crippen LogP contribution in [0.5, 0.6) is 0 Å². The fraction of sp³-hybridized carbons (Fsp3) is 0.667. The first-order valence-corrected chi connectivity index (χ1v) is 4.05. The molecule has 0 aromatic rings. The number of hydrogen-bond donors (Lipinski definition) is 1. The molecule has 0 aliphatic heterocycles. The summed E-state index contributed by atoms with van der Waals surface area (Å²) in [4.78, 5) is 11.1. The molecule has 0 unspecified atom stereocenters. The number of nitrogens with one attached hydrogen (secondary N) is 1. The van der Waals surface area contributed by atoms with Crippen LogP contribution >= 0.6 is 0 Å². The zero-order valence-corrected chi connectivity index (χ0v) is 7.96. The molecule has 70 valence electrons. The topological polar surface area (TPSA) is 38.3 Å². The van der Waals surface area contributed by atoms with E-state index >= 15 is 0 Å². The summed E-state index contributed by atoms with van der Waals surface area (Å²) in [6, 6.07) is -0.229. The van der Waals surface area contributed by atoms with Crippen molar-refractivity contribution in [1.29, 1.82) is 0 Å². The van der Waals surface area contributed by atoms with Gasteiger partial charge in [0.1, 0.15) is 6.04 Å². The molecule has 0 fully saturated rings. The number of esters is 1. The van der Waals surface area contributed by atoms with Gasteiger partial charge in [0.15, 0.2) is 0 Å². The van der Waals surface area contributed by atoms with Gasteiger partial charge >= 0.3 is 5.97 Å². The molecule has 1 atom stereocenters. The Morgan fingerprint density at radius 1 is 1.67 bits per heavy atom. The lowest BCUT2D eigenvalue weighted by Gasteiger charge is -2.18. The molecule has 0 aromatic carbocycles. The first kappa shape index (κ1) is 11.2. The molecule has 3 heteroatoms. The molecule has 0 radical (unpaired) electrons. The van der Waals surface area contributed by atoms with Gasteiger partial charge in [-0.1, -0.05) is 19.9 Å². The van der Waals surface area contributed by atoms with Crippen molar-refractivity contribution in [3.8, 4) is 0 Å². The first-order chi connectivity index (χ1) is 5.63. The Morgan fingerprint density at radius 2 is 2.25 bits per heavy atom. The number of rotatable bonds is 5. The number of carbonyl (C=O) groups is 1. The van der Waals surface area contributed by atoms with E-state index in [2.05, 4.69) is 16.6 Å². The maximum Gasteiger partial charge on any atom is 0.323 e. The second-order valence-electron chi connectivity index (χ2n) is 2.94. The Kier molecular flexibility index (Phi) is 5.37. The second kappa shape index (κ2) is 5.77. The third-order valence-corrected chi connectivity index (χ3v) is 1.60. The van der Waals surface area contributed by atoms with Crippen molar-refractivity contribution in [1.82, 2.24) is 5.32 Å². The van der Waals surface area contributed by atoms with Gasteiger partial charge < -0.3 is 10.1 Å². The molecular formula is C9H17NO2. The van der Waals surface area contributed by atoms with E-state index in [4.69, 9.17) is 0 Å². The first-order valence-electron chi connectivity index (χ1n) is 4.05. The highest BCUT2D eigenvalue weighted by Crippen LogP contribution is 2.02. The Hall–Kier alpha value is -0.830. The van der Waals surface area contributed by atoms with Crippen LogP contribution in [-0.4, -0.2) is 25.7 Å². The smallest absolute Gasteiger partial charge is 0.323 e. The van der Waals surface area contributed by atoms with Crippen LogP contribution < -0.4 is 5.32 Å². The highest BCUT2D eigenvalue weighted by Gasteiger charge is 2.21. The molecular weight excluding hydrogens is 154 g/mol. The van der Waals surface area contributed by atoms with Gasteiger partial charge in [0, 0.05) is 6.54 Å². The summed E-state index contributed by atoms with van der Waals surface area (Å²) < 4.78 is 4.63. The van der Waals surface area contributed by atoms with Crippen LogP contribution in [-0.2, 0) is 9.53 Å². The molecule has 0 saturated heterocycles. The van der Waals surface area contributed by atoms with Crippen molar-refractivity contribution in [2.45, 2.75) is 19.9 Å². The van der Waals surface area contributed by atoms with Crippen molar-refractivity contribution in [3.63, 3.8) is 0 Å².